The van der Waals surface area contributed by atoms with Crippen molar-refractivity contribution in [3.8, 4) is 0 Å². The van der Waals surface area contributed by atoms with Gasteiger partial charge in [0.1, 0.15) is 0 Å². The summed E-state index contributed by atoms with van der Waals surface area (Å²) in [5, 5.41) is 0.850. The fourth-order valence-electron chi connectivity index (χ4n) is 1.22. The van der Waals surface area contributed by atoms with Gasteiger partial charge in [0.2, 0.25) is 0 Å². The van der Waals surface area contributed by atoms with Gasteiger partial charge in [0.05, 0.1) is 0 Å². The van der Waals surface area contributed by atoms with E-state index in [1.807, 2.05) is 22.6 Å². The van der Waals surface area contributed by atoms with Gasteiger partial charge >= 0.3 is 0 Å². The zero-order valence-electron chi connectivity index (χ0n) is 6.69. The molecule has 0 aliphatic rings. The minimum Gasteiger partial charge on any atom is -0.263 e. The van der Waals surface area contributed by atoms with Crippen molar-refractivity contribution in [1.29, 1.82) is 0 Å². The zero-order valence-corrected chi connectivity index (χ0v) is 10.4. The Morgan fingerprint density at radius 2 is 2.00 bits per heavy atom. The average Bonchev–Trinajstić information content (AvgIpc) is 2.14. The minimum atomic E-state index is -0.867. The molecule has 14 heavy (non-hydrogen) atoms. The quantitative estimate of drug-likeness (QED) is 0.507. The predicted molar refractivity (Wildman–Crippen MR) is 62.1 cm³/mol. The molecule has 0 radical (unpaired) electrons. The lowest BCUT2D eigenvalue weighted by Crippen LogP contribution is -1.91. The number of halogens is 4. The molecule has 1 nitrogen and oxygen atoms in total. The molecule has 0 unspecified atom stereocenters. The molecule has 1 heterocycles. The summed E-state index contributed by atoms with van der Waals surface area (Å²) in [7, 11) is 0. The lowest BCUT2D eigenvalue weighted by molar-refractivity contribution is 0.516. The molecular formula is C9H3BrF2IN. The average molecular weight is 370 g/mol. The lowest BCUT2D eigenvalue weighted by atomic mass is 10.1. The second kappa shape index (κ2) is 3.69. The van der Waals surface area contributed by atoms with Crippen molar-refractivity contribution in [1.82, 2.24) is 4.98 Å². The maximum atomic E-state index is 13.3. The first-order chi connectivity index (χ1) is 6.61. The standard InChI is InChI=1S/C9H3BrF2IN/c10-5-1-6(11)9(12)4-2-14-3-7(13)8(4)5/h1-3H. The van der Waals surface area contributed by atoms with E-state index in [1.54, 1.807) is 6.20 Å². The molecule has 5 heteroatoms. The Morgan fingerprint density at radius 3 is 2.71 bits per heavy atom. The fraction of sp³-hybridized carbons (Fsp3) is 0. The van der Waals surface area contributed by atoms with Crippen LogP contribution in [-0.2, 0) is 0 Å². The summed E-state index contributed by atoms with van der Waals surface area (Å²) in [6.45, 7) is 0. The number of hydrogen-bond acceptors (Lipinski definition) is 1. The number of pyridine rings is 1. The van der Waals surface area contributed by atoms with Crippen LogP contribution in [0.2, 0.25) is 0 Å². The van der Waals surface area contributed by atoms with Crippen molar-refractivity contribution in [3.63, 3.8) is 0 Å². The van der Waals surface area contributed by atoms with Gasteiger partial charge in [-0.05, 0) is 28.7 Å². The van der Waals surface area contributed by atoms with Crippen molar-refractivity contribution in [2.45, 2.75) is 0 Å². The molecule has 0 aliphatic carbocycles. The third-order valence-electron chi connectivity index (χ3n) is 1.84. The molecule has 0 N–H and O–H groups in total. The third kappa shape index (κ3) is 1.52. The van der Waals surface area contributed by atoms with E-state index in [-0.39, 0.29) is 5.39 Å². The normalized spacial score (nSPS) is 10.9. The SMILES string of the molecule is Fc1cc(Br)c2c(I)cncc2c1F. The largest absolute Gasteiger partial charge is 0.263 e. The summed E-state index contributed by atoms with van der Waals surface area (Å²) in [6, 6.07) is 1.12. The van der Waals surface area contributed by atoms with Crippen LogP contribution >= 0.6 is 38.5 Å². The molecule has 1 aromatic heterocycles. The smallest absolute Gasteiger partial charge is 0.168 e. The molecule has 0 bridgehead atoms. The fourth-order valence-corrected chi connectivity index (χ4v) is 2.96. The summed E-state index contributed by atoms with van der Waals surface area (Å²) in [6.07, 6.45) is 2.92. The Hall–Kier alpha value is -0.300. The highest BCUT2D eigenvalue weighted by molar-refractivity contribution is 14.1. The first kappa shape index (κ1) is 10.2. The molecule has 0 saturated carbocycles. The maximum absolute atomic E-state index is 13.3. The molecule has 0 spiro atoms. The second-order valence-electron chi connectivity index (χ2n) is 2.70. The topological polar surface area (TPSA) is 12.9 Å². The zero-order chi connectivity index (χ0) is 10.3. The number of nitrogens with zero attached hydrogens (tertiary/aromatic N) is 1. The van der Waals surface area contributed by atoms with Crippen LogP contribution < -0.4 is 0 Å². The Kier molecular flexibility index (Phi) is 2.70. The van der Waals surface area contributed by atoms with Crippen LogP contribution in [0.5, 0.6) is 0 Å². The highest BCUT2D eigenvalue weighted by atomic mass is 127. The number of hydrogen-bond donors (Lipinski definition) is 0. The van der Waals surface area contributed by atoms with Crippen molar-refractivity contribution in [2.24, 2.45) is 0 Å². The predicted octanol–water partition coefficient (Wildman–Crippen LogP) is 3.88. The first-order valence-electron chi connectivity index (χ1n) is 3.68. The molecule has 0 aliphatic heterocycles. The summed E-state index contributed by atoms with van der Waals surface area (Å²) < 4.78 is 27.6. The van der Waals surface area contributed by atoms with Gasteiger partial charge in [0, 0.05) is 31.2 Å². The molecule has 0 amide bonds. The van der Waals surface area contributed by atoms with Crippen LogP contribution in [0.15, 0.2) is 22.9 Å². The van der Waals surface area contributed by atoms with Crippen LogP contribution in [0.3, 0.4) is 0 Å². The van der Waals surface area contributed by atoms with Gasteiger partial charge in [-0.3, -0.25) is 4.98 Å². The van der Waals surface area contributed by atoms with E-state index in [0.717, 1.165) is 9.64 Å². The number of aromatic nitrogens is 1. The number of rotatable bonds is 0. The molecule has 0 atom stereocenters. The Morgan fingerprint density at radius 1 is 1.29 bits per heavy atom. The maximum Gasteiger partial charge on any atom is 0.168 e. The minimum absolute atomic E-state index is 0.198. The van der Waals surface area contributed by atoms with Crippen molar-refractivity contribution in [3.05, 3.63) is 38.1 Å². The van der Waals surface area contributed by atoms with E-state index in [0.29, 0.717) is 9.86 Å². The summed E-state index contributed by atoms with van der Waals surface area (Å²) in [5.41, 5.74) is 0. The van der Waals surface area contributed by atoms with Gasteiger partial charge in [-0.25, -0.2) is 8.78 Å². The van der Waals surface area contributed by atoms with E-state index < -0.39 is 11.6 Å². The Bertz CT molecular complexity index is 516. The monoisotopic (exact) mass is 369 g/mol. The number of benzene rings is 1. The highest BCUT2D eigenvalue weighted by Gasteiger charge is 2.12. The molecule has 0 saturated heterocycles. The van der Waals surface area contributed by atoms with Gasteiger partial charge in [-0.1, -0.05) is 15.9 Å². The molecule has 1 aromatic carbocycles. The van der Waals surface area contributed by atoms with Gasteiger partial charge < -0.3 is 0 Å². The molecular weight excluding hydrogens is 367 g/mol. The van der Waals surface area contributed by atoms with E-state index in [9.17, 15) is 8.78 Å². The number of fused-ring (bicyclic) bond motifs is 1. The van der Waals surface area contributed by atoms with Gasteiger partial charge in [0.25, 0.3) is 0 Å². The highest BCUT2D eigenvalue weighted by Crippen LogP contribution is 2.30. The van der Waals surface area contributed by atoms with Crippen LogP contribution in [0.25, 0.3) is 10.8 Å². The van der Waals surface area contributed by atoms with Crippen LogP contribution in [-0.4, -0.2) is 4.98 Å². The first-order valence-corrected chi connectivity index (χ1v) is 5.55. The van der Waals surface area contributed by atoms with Crippen molar-refractivity contribution < 1.29 is 8.78 Å². The third-order valence-corrected chi connectivity index (χ3v) is 3.28. The summed E-state index contributed by atoms with van der Waals surface area (Å²) >= 11 is 5.22. The molecule has 2 rings (SSSR count). The van der Waals surface area contributed by atoms with Crippen molar-refractivity contribution in [2.75, 3.05) is 0 Å². The van der Waals surface area contributed by atoms with Crippen LogP contribution in [0.4, 0.5) is 8.78 Å². The van der Waals surface area contributed by atoms with Crippen molar-refractivity contribution >= 4 is 49.3 Å². The van der Waals surface area contributed by atoms with E-state index in [2.05, 4.69) is 20.9 Å². The Labute approximate surface area is 101 Å². The molecule has 0 fully saturated rings. The van der Waals surface area contributed by atoms with E-state index in [1.165, 1.54) is 6.20 Å². The summed E-state index contributed by atoms with van der Waals surface area (Å²) in [4.78, 5) is 3.82. The Balaban J connectivity index is 3.02. The van der Waals surface area contributed by atoms with Crippen LogP contribution in [0, 0.1) is 15.2 Å². The molecule has 72 valence electrons. The lowest BCUT2D eigenvalue weighted by Gasteiger charge is -2.04. The molecule has 2 aromatic rings. The summed E-state index contributed by atoms with van der Waals surface area (Å²) in [5.74, 6) is -1.72. The van der Waals surface area contributed by atoms with E-state index >= 15 is 0 Å². The van der Waals surface area contributed by atoms with Crippen LogP contribution in [0.1, 0.15) is 0 Å². The second-order valence-corrected chi connectivity index (χ2v) is 4.71. The van der Waals surface area contributed by atoms with E-state index in [4.69, 9.17) is 0 Å². The van der Waals surface area contributed by atoms with Gasteiger partial charge in [-0.15, -0.1) is 0 Å². The van der Waals surface area contributed by atoms with Gasteiger partial charge in [-0.2, -0.15) is 0 Å². The van der Waals surface area contributed by atoms with Gasteiger partial charge in [0.15, 0.2) is 11.6 Å².